The Kier molecular flexibility index (Phi) is 5.30. The molecule has 0 aliphatic heterocycles. The number of carbonyl (C=O) groups is 1. The second kappa shape index (κ2) is 7.50. The van der Waals surface area contributed by atoms with Crippen molar-refractivity contribution in [2.75, 3.05) is 5.73 Å². The van der Waals surface area contributed by atoms with Gasteiger partial charge in [-0.2, -0.15) is 8.78 Å². The zero-order chi connectivity index (χ0) is 19.6. The van der Waals surface area contributed by atoms with Crippen molar-refractivity contribution in [1.29, 1.82) is 0 Å². The van der Waals surface area contributed by atoms with Gasteiger partial charge in [-0.15, -0.1) is 0 Å². The van der Waals surface area contributed by atoms with Crippen LogP contribution in [0.25, 0.3) is 11.6 Å². The van der Waals surface area contributed by atoms with E-state index in [9.17, 15) is 13.6 Å². The highest BCUT2D eigenvalue weighted by molar-refractivity contribution is 14.1. The number of nitrogens with one attached hydrogen (secondary N) is 1. The van der Waals surface area contributed by atoms with Crippen molar-refractivity contribution in [1.82, 2.24) is 25.3 Å². The molecule has 8 nitrogen and oxygen atoms in total. The molecule has 3 aromatic heterocycles. The Labute approximate surface area is 165 Å². The molecule has 0 spiro atoms. The molecule has 3 N–H and O–H groups in total. The Hall–Kier alpha value is -2.70. The van der Waals surface area contributed by atoms with E-state index in [1.165, 1.54) is 30.7 Å². The monoisotopic (exact) mass is 486 g/mol. The van der Waals surface area contributed by atoms with E-state index in [-0.39, 0.29) is 35.3 Å². The molecule has 140 valence electrons. The highest BCUT2D eigenvalue weighted by Gasteiger charge is 2.28. The summed E-state index contributed by atoms with van der Waals surface area (Å²) in [6.07, 6.45) is 2.83. The van der Waals surface area contributed by atoms with Gasteiger partial charge in [0.15, 0.2) is 11.5 Å². The average Bonchev–Trinajstić information content (AvgIpc) is 3.15. The van der Waals surface area contributed by atoms with Crippen LogP contribution in [0.4, 0.5) is 14.6 Å². The number of nitrogens with two attached hydrogens (primary N) is 1. The van der Waals surface area contributed by atoms with Crippen LogP contribution in [-0.4, -0.2) is 25.8 Å². The van der Waals surface area contributed by atoms with E-state index >= 15 is 0 Å². The van der Waals surface area contributed by atoms with Crippen LogP contribution >= 0.6 is 22.6 Å². The second-order valence-electron chi connectivity index (χ2n) is 5.42. The largest absolute Gasteiger partial charge is 0.443 e. The Bertz CT molecular complexity index is 976. The van der Waals surface area contributed by atoms with Gasteiger partial charge in [0.05, 0.1) is 24.1 Å². The van der Waals surface area contributed by atoms with Gasteiger partial charge in [0.25, 0.3) is 5.91 Å². The Morgan fingerprint density at radius 2 is 2.11 bits per heavy atom. The third-order valence-corrected chi connectivity index (χ3v) is 4.03. The zero-order valence-corrected chi connectivity index (χ0v) is 16.1. The topological polar surface area (TPSA) is 120 Å². The van der Waals surface area contributed by atoms with Crippen LogP contribution in [0.15, 0.2) is 35.1 Å². The maximum absolute atomic E-state index is 13.3. The number of aromatic nitrogens is 4. The van der Waals surface area contributed by atoms with Crippen molar-refractivity contribution in [3.05, 3.63) is 53.4 Å². The number of carbonyl (C=O) groups excluding carboxylic acids is 1. The SMILES string of the molecule is Cc1nc(C(=O)NCc2cccc(C(F)(F)I)n2)c(N)nc1-c1ncco1. The highest BCUT2D eigenvalue weighted by atomic mass is 127. The van der Waals surface area contributed by atoms with Crippen LogP contribution in [0.5, 0.6) is 0 Å². The number of hydrogen-bond acceptors (Lipinski definition) is 7. The minimum Gasteiger partial charge on any atom is -0.443 e. The molecule has 0 bridgehead atoms. The van der Waals surface area contributed by atoms with E-state index in [0.717, 1.165) is 22.6 Å². The van der Waals surface area contributed by atoms with E-state index < -0.39 is 9.84 Å². The van der Waals surface area contributed by atoms with Crippen molar-refractivity contribution in [3.63, 3.8) is 0 Å². The molecule has 0 aliphatic rings. The summed E-state index contributed by atoms with van der Waals surface area (Å²) in [7, 11) is 0. The Balaban J connectivity index is 1.76. The molecule has 0 saturated carbocycles. The van der Waals surface area contributed by atoms with Gasteiger partial charge in [0, 0.05) is 22.6 Å². The van der Waals surface area contributed by atoms with Crippen molar-refractivity contribution in [2.45, 2.75) is 17.4 Å². The minimum atomic E-state index is -3.10. The smallest absolute Gasteiger partial charge is 0.337 e. The van der Waals surface area contributed by atoms with Crippen LogP contribution in [-0.2, 0) is 10.5 Å². The minimum absolute atomic E-state index is 0.0684. The number of anilines is 1. The first-order chi connectivity index (χ1) is 12.8. The summed E-state index contributed by atoms with van der Waals surface area (Å²) in [6, 6.07) is 4.18. The molecular weight excluding hydrogens is 473 g/mol. The second-order valence-corrected chi connectivity index (χ2v) is 6.78. The van der Waals surface area contributed by atoms with E-state index in [0.29, 0.717) is 11.4 Å². The summed E-state index contributed by atoms with van der Waals surface area (Å²) >= 11 is 0.995. The molecule has 0 fully saturated rings. The van der Waals surface area contributed by atoms with Crippen LogP contribution < -0.4 is 11.1 Å². The van der Waals surface area contributed by atoms with E-state index in [4.69, 9.17) is 10.2 Å². The number of hydrogen-bond donors (Lipinski definition) is 2. The van der Waals surface area contributed by atoms with Gasteiger partial charge in [-0.3, -0.25) is 4.79 Å². The quantitative estimate of drug-likeness (QED) is 0.421. The van der Waals surface area contributed by atoms with Gasteiger partial charge < -0.3 is 15.5 Å². The average molecular weight is 486 g/mol. The molecular formula is C16H13F2IN6O2. The fourth-order valence-corrected chi connectivity index (χ4v) is 2.53. The fourth-order valence-electron chi connectivity index (χ4n) is 2.23. The fraction of sp³-hybridized carbons (Fsp3) is 0.188. The number of pyridine rings is 1. The maximum Gasteiger partial charge on any atom is 0.337 e. The first kappa shape index (κ1) is 19.1. The molecule has 27 heavy (non-hydrogen) atoms. The summed E-state index contributed by atoms with van der Waals surface area (Å²) in [4.78, 5) is 28.4. The maximum atomic E-state index is 13.3. The summed E-state index contributed by atoms with van der Waals surface area (Å²) in [5, 5.41) is 2.55. The highest BCUT2D eigenvalue weighted by Crippen LogP contribution is 2.33. The molecule has 0 unspecified atom stereocenters. The van der Waals surface area contributed by atoms with Crippen molar-refractivity contribution in [2.24, 2.45) is 0 Å². The molecule has 0 saturated heterocycles. The summed E-state index contributed by atoms with van der Waals surface area (Å²) in [6.45, 7) is 1.57. The molecule has 0 radical (unpaired) electrons. The molecule has 0 aliphatic carbocycles. The molecule has 0 aromatic carbocycles. The van der Waals surface area contributed by atoms with Gasteiger partial charge in [0.1, 0.15) is 17.7 Å². The predicted octanol–water partition coefficient (Wildman–Crippen LogP) is 2.83. The Morgan fingerprint density at radius 3 is 2.78 bits per heavy atom. The number of halogens is 3. The summed E-state index contributed by atoms with van der Waals surface area (Å²) < 4.78 is 28.7. The van der Waals surface area contributed by atoms with Crippen molar-refractivity contribution in [3.8, 4) is 11.6 Å². The number of aryl methyl sites for hydroxylation is 1. The normalized spacial score (nSPS) is 11.4. The number of nitrogen functional groups attached to an aromatic ring is 1. The van der Waals surface area contributed by atoms with Crippen LogP contribution in [0, 0.1) is 6.92 Å². The molecule has 0 atom stereocenters. The molecule has 3 heterocycles. The van der Waals surface area contributed by atoms with E-state index in [2.05, 4.69) is 25.3 Å². The van der Waals surface area contributed by atoms with E-state index in [1.807, 2.05) is 0 Å². The zero-order valence-electron chi connectivity index (χ0n) is 13.9. The van der Waals surface area contributed by atoms with Gasteiger partial charge in [-0.1, -0.05) is 6.07 Å². The van der Waals surface area contributed by atoms with Crippen molar-refractivity contribution >= 4 is 34.3 Å². The molecule has 3 aromatic rings. The third-order valence-electron chi connectivity index (χ3n) is 3.47. The van der Waals surface area contributed by atoms with Crippen LogP contribution in [0.3, 0.4) is 0 Å². The Morgan fingerprint density at radius 1 is 1.33 bits per heavy atom. The van der Waals surface area contributed by atoms with Gasteiger partial charge in [-0.05, 0) is 19.1 Å². The van der Waals surface area contributed by atoms with Crippen LogP contribution in [0.2, 0.25) is 0 Å². The standard InChI is InChI=1S/C16H13F2IN6O2/c1-8-11(15-21-5-6-27-15)25-13(20)12(23-8)14(26)22-7-9-3-2-4-10(24-9)16(17,18)19/h2-6H,7H2,1H3,(H2,20,25)(H,22,26). The third kappa shape index (κ3) is 4.35. The molecule has 1 amide bonds. The lowest BCUT2D eigenvalue weighted by Crippen LogP contribution is -2.26. The summed E-state index contributed by atoms with van der Waals surface area (Å²) in [5.74, 6) is -0.471. The van der Waals surface area contributed by atoms with Crippen molar-refractivity contribution < 1.29 is 18.0 Å². The number of alkyl halides is 3. The number of nitrogens with zero attached hydrogens (tertiary/aromatic N) is 4. The van der Waals surface area contributed by atoms with E-state index in [1.54, 1.807) is 6.92 Å². The first-order valence-corrected chi connectivity index (χ1v) is 8.69. The number of oxazole rings is 1. The number of rotatable bonds is 5. The molecule has 3 rings (SSSR count). The lowest BCUT2D eigenvalue weighted by molar-refractivity contribution is 0.0945. The summed E-state index contributed by atoms with van der Waals surface area (Å²) in [5.41, 5.74) is 6.36. The van der Waals surface area contributed by atoms with Gasteiger partial charge in [0.2, 0.25) is 5.89 Å². The predicted molar refractivity (Wildman–Crippen MR) is 100.0 cm³/mol. The first-order valence-electron chi connectivity index (χ1n) is 7.61. The van der Waals surface area contributed by atoms with Gasteiger partial charge >= 0.3 is 3.93 Å². The lowest BCUT2D eigenvalue weighted by Gasteiger charge is -2.11. The van der Waals surface area contributed by atoms with Crippen LogP contribution in [0.1, 0.15) is 27.6 Å². The molecule has 11 heteroatoms. The lowest BCUT2D eigenvalue weighted by atomic mass is 10.2. The van der Waals surface area contributed by atoms with Gasteiger partial charge in [-0.25, -0.2) is 19.9 Å². The number of amides is 1.